The zero-order valence-electron chi connectivity index (χ0n) is 9.88. The van der Waals surface area contributed by atoms with Crippen LogP contribution < -0.4 is 0 Å². The van der Waals surface area contributed by atoms with Crippen LogP contribution in [0.2, 0.25) is 0 Å². The van der Waals surface area contributed by atoms with Gasteiger partial charge in [-0.25, -0.2) is 9.59 Å². The first kappa shape index (κ1) is 18.7. The molecule has 0 spiro atoms. The summed E-state index contributed by atoms with van der Waals surface area (Å²) in [6.45, 7) is 0. The van der Waals surface area contributed by atoms with Gasteiger partial charge in [0.05, 0.1) is 0 Å². The van der Waals surface area contributed by atoms with Gasteiger partial charge in [0.25, 0.3) is 0 Å². The number of carboxylic acid groups (broad SMARTS) is 2. The van der Waals surface area contributed by atoms with Crippen LogP contribution in [0.5, 0.6) is 0 Å². The van der Waals surface area contributed by atoms with Gasteiger partial charge in [0.1, 0.15) is 30.5 Å². The number of aliphatic carboxylic acids is 2. The normalized spacial score (nSPS) is 22.1. The number of aliphatic hydroxyl groups excluding tert-OH is 7. The molecule has 0 saturated heterocycles. The van der Waals surface area contributed by atoms with Crippen LogP contribution in [0.3, 0.4) is 0 Å². The van der Waals surface area contributed by atoms with E-state index >= 15 is 0 Å². The van der Waals surface area contributed by atoms with Crippen molar-refractivity contribution in [2.45, 2.75) is 42.7 Å². The monoisotopic (exact) mass is 300 g/mol. The molecule has 0 rings (SSSR count). The van der Waals surface area contributed by atoms with E-state index in [1.54, 1.807) is 0 Å². The van der Waals surface area contributed by atoms with Crippen molar-refractivity contribution in [3.8, 4) is 0 Å². The van der Waals surface area contributed by atoms with E-state index in [0.717, 1.165) is 0 Å². The maximum absolute atomic E-state index is 10.3. The molecule has 20 heavy (non-hydrogen) atoms. The highest BCUT2D eigenvalue weighted by Gasteiger charge is 2.42. The SMILES string of the molecule is O=C(O)[C@@H](O)[C@H](O)[C@H](O)C(O)[C@@H](O)[C@H](O)[C@@H](O)C(=O)O. The maximum atomic E-state index is 10.3. The molecule has 0 saturated carbocycles. The maximum Gasteiger partial charge on any atom is 0.335 e. The molecule has 0 heterocycles. The quantitative estimate of drug-likeness (QED) is 0.206. The molecule has 1 unspecified atom stereocenters. The first-order valence-corrected chi connectivity index (χ1v) is 5.24. The number of carboxylic acids is 2. The average Bonchev–Trinajstić information content (AvgIpc) is 2.40. The molecule has 0 aliphatic heterocycles. The molecule has 9 N–H and O–H groups in total. The molecule has 0 radical (unpaired) electrons. The predicted molar refractivity (Wildman–Crippen MR) is 57.3 cm³/mol. The van der Waals surface area contributed by atoms with Gasteiger partial charge in [-0.1, -0.05) is 0 Å². The minimum Gasteiger partial charge on any atom is -0.479 e. The van der Waals surface area contributed by atoms with Crippen molar-refractivity contribution in [3.05, 3.63) is 0 Å². The fourth-order valence-corrected chi connectivity index (χ4v) is 1.27. The molecular formula is C9H16O11. The van der Waals surface area contributed by atoms with Crippen LogP contribution in [0, 0.1) is 0 Å². The number of carbonyl (C=O) groups is 2. The standard InChI is InChI=1S/C9H16O11/c10-1(2(11)4(13)6(15)8(17)18)3(12)5(14)7(16)9(19)20/h1-7,10-16H,(H,17,18)(H,19,20)/t1?,2-,3-,4-,5+,6+,7-/m1/s1. The summed E-state index contributed by atoms with van der Waals surface area (Å²) in [5.74, 6) is -3.85. The van der Waals surface area contributed by atoms with Crippen LogP contribution in [0.1, 0.15) is 0 Å². The largest absolute Gasteiger partial charge is 0.479 e. The van der Waals surface area contributed by atoms with E-state index in [1.807, 2.05) is 0 Å². The zero-order valence-corrected chi connectivity index (χ0v) is 9.88. The van der Waals surface area contributed by atoms with Crippen LogP contribution in [-0.4, -0.2) is 101 Å². The van der Waals surface area contributed by atoms with E-state index in [0.29, 0.717) is 0 Å². The predicted octanol–water partition coefficient (Wildman–Crippen LogP) is -5.32. The fraction of sp³-hybridized carbons (Fsp3) is 0.778. The molecule has 11 heteroatoms. The molecule has 0 fully saturated rings. The summed E-state index contributed by atoms with van der Waals surface area (Å²) in [7, 11) is 0. The first-order valence-electron chi connectivity index (χ1n) is 5.24. The van der Waals surface area contributed by atoms with Gasteiger partial charge in [-0.05, 0) is 0 Å². The van der Waals surface area contributed by atoms with Crippen molar-refractivity contribution in [2.75, 3.05) is 0 Å². The van der Waals surface area contributed by atoms with Crippen molar-refractivity contribution in [2.24, 2.45) is 0 Å². The van der Waals surface area contributed by atoms with Crippen molar-refractivity contribution in [1.29, 1.82) is 0 Å². The van der Waals surface area contributed by atoms with Crippen molar-refractivity contribution < 1.29 is 55.5 Å². The van der Waals surface area contributed by atoms with E-state index in [9.17, 15) is 35.1 Å². The van der Waals surface area contributed by atoms with Gasteiger partial charge in [0, 0.05) is 0 Å². The summed E-state index contributed by atoms with van der Waals surface area (Å²) in [5, 5.41) is 81.0. The lowest BCUT2D eigenvalue weighted by molar-refractivity contribution is -0.184. The Labute approximate surface area is 111 Å². The molecule has 0 aromatic carbocycles. The average molecular weight is 300 g/mol. The molecular weight excluding hydrogens is 284 g/mol. The molecule has 0 amide bonds. The Morgan fingerprint density at radius 2 is 0.700 bits per heavy atom. The molecule has 0 aliphatic carbocycles. The summed E-state index contributed by atoms with van der Waals surface area (Å²) < 4.78 is 0. The van der Waals surface area contributed by atoms with Crippen molar-refractivity contribution in [3.63, 3.8) is 0 Å². The Morgan fingerprint density at radius 3 is 0.900 bits per heavy atom. The molecule has 0 aromatic heterocycles. The molecule has 11 nitrogen and oxygen atoms in total. The third-order valence-corrected chi connectivity index (χ3v) is 2.55. The van der Waals surface area contributed by atoms with E-state index in [4.69, 9.17) is 20.4 Å². The summed E-state index contributed by atoms with van der Waals surface area (Å²) in [4.78, 5) is 20.7. The van der Waals surface area contributed by atoms with E-state index in [1.165, 1.54) is 0 Å². The third-order valence-electron chi connectivity index (χ3n) is 2.55. The second-order valence-electron chi connectivity index (χ2n) is 4.02. The number of hydrogen-bond acceptors (Lipinski definition) is 9. The number of hydrogen-bond donors (Lipinski definition) is 9. The minimum absolute atomic E-state index is 1.93. The van der Waals surface area contributed by atoms with Crippen LogP contribution in [0.4, 0.5) is 0 Å². The zero-order chi connectivity index (χ0) is 16.2. The van der Waals surface area contributed by atoms with Gasteiger partial charge in [-0.2, -0.15) is 0 Å². The highest BCUT2D eigenvalue weighted by Crippen LogP contribution is 2.13. The summed E-state index contributed by atoms with van der Waals surface area (Å²) in [6, 6.07) is 0. The van der Waals surface area contributed by atoms with Crippen LogP contribution >= 0.6 is 0 Å². The van der Waals surface area contributed by atoms with Crippen molar-refractivity contribution in [1.82, 2.24) is 0 Å². The van der Waals surface area contributed by atoms with Gasteiger partial charge < -0.3 is 46.0 Å². The first-order chi connectivity index (χ1) is 9.02. The van der Waals surface area contributed by atoms with Gasteiger partial charge >= 0.3 is 11.9 Å². The smallest absolute Gasteiger partial charge is 0.335 e. The lowest BCUT2D eigenvalue weighted by Gasteiger charge is -2.30. The number of aliphatic hydroxyl groups is 7. The van der Waals surface area contributed by atoms with Crippen LogP contribution in [0.25, 0.3) is 0 Å². The van der Waals surface area contributed by atoms with E-state index < -0.39 is 54.7 Å². The molecule has 0 aliphatic rings. The molecule has 0 aromatic rings. The van der Waals surface area contributed by atoms with Gasteiger partial charge in [0.15, 0.2) is 12.2 Å². The Hall–Kier alpha value is -1.34. The van der Waals surface area contributed by atoms with Gasteiger partial charge in [-0.15, -0.1) is 0 Å². The highest BCUT2D eigenvalue weighted by molar-refractivity contribution is 5.73. The lowest BCUT2D eigenvalue weighted by Crippen LogP contribution is -2.56. The van der Waals surface area contributed by atoms with Gasteiger partial charge in [-0.3, -0.25) is 0 Å². The lowest BCUT2D eigenvalue weighted by atomic mass is 9.94. The Morgan fingerprint density at radius 1 is 0.500 bits per heavy atom. The summed E-state index contributed by atoms with van der Waals surface area (Å²) in [5.41, 5.74) is 0. The van der Waals surface area contributed by atoms with E-state index in [-0.39, 0.29) is 0 Å². The minimum atomic E-state index is -2.49. The second kappa shape index (κ2) is 7.44. The molecule has 118 valence electrons. The molecule has 0 bridgehead atoms. The van der Waals surface area contributed by atoms with Crippen molar-refractivity contribution >= 4 is 11.9 Å². The van der Waals surface area contributed by atoms with Crippen LogP contribution in [-0.2, 0) is 9.59 Å². The highest BCUT2D eigenvalue weighted by atomic mass is 16.4. The fourth-order valence-electron chi connectivity index (χ4n) is 1.27. The molecule has 7 atom stereocenters. The third kappa shape index (κ3) is 4.35. The Balaban J connectivity index is 4.83. The Kier molecular flexibility index (Phi) is 6.95. The Bertz CT molecular complexity index is 313. The van der Waals surface area contributed by atoms with E-state index in [2.05, 4.69) is 0 Å². The van der Waals surface area contributed by atoms with Crippen LogP contribution in [0.15, 0.2) is 0 Å². The van der Waals surface area contributed by atoms with Gasteiger partial charge in [0.2, 0.25) is 0 Å². The summed E-state index contributed by atoms with van der Waals surface area (Å²) in [6.07, 6.45) is -17.1. The topological polar surface area (TPSA) is 216 Å². The number of rotatable bonds is 8. The summed E-state index contributed by atoms with van der Waals surface area (Å²) >= 11 is 0. The second-order valence-corrected chi connectivity index (χ2v) is 4.02.